The molecule has 0 aliphatic carbocycles. The second-order valence-corrected chi connectivity index (χ2v) is 2.41. The number of ether oxygens (including phenoxy) is 1. The van der Waals surface area contributed by atoms with Gasteiger partial charge in [0.25, 0.3) is 5.95 Å². The number of H-pyrrole nitrogens is 1. The van der Waals surface area contributed by atoms with Crippen LogP contribution in [0.3, 0.4) is 0 Å². The summed E-state index contributed by atoms with van der Waals surface area (Å²) in [5.41, 5.74) is 0. The number of halogens is 1. The third kappa shape index (κ3) is 1.82. The van der Waals surface area contributed by atoms with Crippen molar-refractivity contribution >= 4 is 0 Å². The molecule has 2 aromatic rings. The van der Waals surface area contributed by atoms with Crippen molar-refractivity contribution in [3.8, 4) is 5.75 Å². The maximum absolute atomic E-state index is 12.9. The molecule has 0 radical (unpaired) electrons. The molecule has 0 saturated carbocycles. The predicted octanol–water partition coefficient (Wildman–Crippen LogP) is 0.313. The maximum Gasteiger partial charge on any atom is 0.255 e. The first-order valence-corrected chi connectivity index (χ1v) is 3.82. The fourth-order valence-electron chi connectivity index (χ4n) is 0.865. The lowest BCUT2D eigenvalue weighted by Crippen LogP contribution is -2.00. The van der Waals surface area contributed by atoms with Crippen molar-refractivity contribution < 1.29 is 9.13 Å². The van der Waals surface area contributed by atoms with Crippen molar-refractivity contribution in [2.45, 2.75) is 6.61 Å². The lowest BCUT2D eigenvalue weighted by Gasteiger charge is -2.02. The van der Waals surface area contributed by atoms with Gasteiger partial charge in [-0.3, -0.25) is 0 Å². The summed E-state index contributed by atoms with van der Waals surface area (Å²) < 4.78 is 18.0. The molecule has 0 fully saturated rings. The third-order valence-electron chi connectivity index (χ3n) is 1.47. The Morgan fingerprint density at radius 1 is 1.50 bits per heavy atom. The molecule has 0 amide bonds. The van der Waals surface area contributed by atoms with Gasteiger partial charge in [0.1, 0.15) is 0 Å². The molecule has 0 spiro atoms. The van der Waals surface area contributed by atoms with Crippen LogP contribution >= 0.6 is 0 Å². The van der Waals surface area contributed by atoms with Crippen molar-refractivity contribution in [2.24, 2.45) is 0 Å². The minimum absolute atomic E-state index is 0.0547. The number of aromatic amines is 1. The minimum atomic E-state index is -0.656. The summed E-state index contributed by atoms with van der Waals surface area (Å²) in [7, 11) is 0. The van der Waals surface area contributed by atoms with Gasteiger partial charge in [0, 0.05) is 6.20 Å². The Balaban J connectivity index is 2.02. The van der Waals surface area contributed by atoms with Gasteiger partial charge in [-0.1, -0.05) is 5.21 Å². The van der Waals surface area contributed by atoms with E-state index >= 15 is 0 Å². The molecule has 6 nitrogen and oxygen atoms in total. The Morgan fingerprint density at radius 2 is 2.43 bits per heavy atom. The van der Waals surface area contributed by atoms with Crippen LogP contribution in [0.4, 0.5) is 4.39 Å². The van der Waals surface area contributed by atoms with Crippen LogP contribution in [0.1, 0.15) is 5.82 Å². The van der Waals surface area contributed by atoms with Gasteiger partial charge < -0.3 is 4.74 Å². The van der Waals surface area contributed by atoms with Crippen molar-refractivity contribution in [1.82, 2.24) is 25.6 Å². The van der Waals surface area contributed by atoms with E-state index in [9.17, 15) is 4.39 Å². The summed E-state index contributed by atoms with van der Waals surface area (Å²) in [6.45, 7) is 0.0547. The van der Waals surface area contributed by atoms with E-state index in [1.807, 2.05) is 0 Å². The SMILES string of the molecule is Fc1ncccc1OCc1nn[nH]n1. The average molecular weight is 195 g/mol. The number of rotatable bonds is 3. The van der Waals surface area contributed by atoms with E-state index in [4.69, 9.17) is 4.74 Å². The molecule has 72 valence electrons. The zero-order valence-corrected chi connectivity index (χ0v) is 7.01. The van der Waals surface area contributed by atoms with Crippen molar-refractivity contribution in [2.75, 3.05) is 0 Å². The first-order valence-electron chi connectivity index (χ1n) is 3.82. The fraction of sp³-hybridized carbons (Fsp3) is 0.143. The molecular formula is C7H6FN5O. The van der Waals surface area contributed by atoms with Crippen LogP contribution in [0.25, 0.3) is 0 Å². The lowest BCUT2D eigenvalue weighted by molar-refractivity contribution is 0.277. The van der Waals surface area contributed by atoms with Crippen molar-refractivity contribution in [3.63, 3.8) is 0 Å². The van der Waals surface area contributed by atoms with E-state index in [0.29, 0.717) is 5.82 Å². The zero-order chi connectivity index (χ0) is 9.80. The number of hydrogen-bond donors (Lipinski definition) is 1. The summed E-state index contributed by atoms with van der Waals surface area (Å²) in [5, 5.41) is 12.9. The zero-order valence-electron chi connectivity index (χ0n) is 7.01. The molecule has 0 unspecified atom stereocenters. The van der Waals surface area contributed by atoms with Gasteiger partial charge >= 0.3 is 0 Å². The molecule has 0 saturated heterocycles. The highest BCUT2D eigenvalue weighted by atomic mass is 19.1. The highest BCUT2D eigenvalue weighted by Gasteiger charge is 2.04. The summed E-state index contributed by atoms with van der Waals surface area (Å²) in [5.74, 6) is -0.235. The van der Waals surface area contributed by atoms with E-state index in [1.165, 1.54) is 12.3 Å². The highest BCUT2D eigenvalue weighted by molar-refractivity contribution is 5.17. The molecule has 14 heavy (non-hydrogen) atoms. The van der Waals surface area contributed by atoms with Gasteiger partial charge in [-0.2, -0.15) is 9.60 Å². The van der Waals surface area contributed by atoms with Crippen LogP contribution in [0, 0.1) is 5.95 Å². The Bertz CT molecular complexity index is 404. The maximum atomic E-state index is 12.9. The Labute approximate surface area is 78.1 Å². The van der Waals surface area contributed by atoms with Crippen molar-refractivity contribution in [1.29, 1.82) is 0 Å². The number of nitrogens with one attached hydrogen (secondary N) is 1. The largest absolute Gasteiger partial charge is 0.481 e. The van der Waals surface area contributed by atoms with Crippen LogP contribution in [-0.4, -0.2) is 25.6 Å². The molecule has 0 atom stereocenters. The van der Waals surface area contributed by atoms with Crippen LogP contribution in [0.15, 0.2) is 18.3 Å². The summed E-state index contributed by atoms with van der Waals surface area (Å²) in [6.07, 6.45) is 1.34. The van der Waals surface area contributed by atoms with Gasteiger partial charge in [-0.25, -0.2) is 4.98 Å². The molecule has 7 heteroatoms. The summed E-state index contributed by atoms with van der Waals surface area (Å²) >= 11 is 0. The molecule has 0 bridgehead atoms. The molecule has 2 aromatic heterocycles. The second-order valence-electron chi connectivity index (χ2n) is 2.41. The number of tetrazole rings is 1. The number of hydrogen-bond acceptors (Lipinski definition) is 5. The molecule has 1 N–H and O–H groups in total. The van der Waals surface area contributed by atoms with Gasteiger partial charge in [-0.05, 0) is 12.1 Å². The van der Waals surface area contributed by atoms with E-state index in [-0.39, 0.29) is 12.4 Å². The topological polar surface area (TPSA) is 76.6 Å². The lowest BCUT2D eigenvalue weighted by atomic mass is 10.4. The first-order chi connectivity index (χ1) is 6.86. The van der Waals surface area contributed by atoms with Gasteiger partial charge in [0.2, 0.25) is 5.82 Å². The number of aromatic nitrogens is 5. The minimum Gasteiger partial charge on any atom is -0.481 e. The van der Waals surface area contributed by atoms with Crippen LogP contribution in [0.2, 0.25) is 0 Å². The number of nitrogens with zero attached hydrogens (tertiary/aromatic N) is 4. The van der Waals surface area contributed by atoms with E-state index in [0.717, 1.165) is 0 Å². The molecule has 2 heterocycles. The fourth-order valence-corrected chi connectivity index (χ4v) is 0.865. The Morgan fingerprint density at radius 3 is 3.14 bits per heavy atom. The first kappa shape index (κ1) is 8.54. The Hall–Kier alpha value is -2.05. The quantitative estimate of drug-likeness (QED) is 0.713. The predicted molar refractivity (Wildman–Crippen MR) is 42.7 cm³/mol. The van der Waals surface area contributed by atoms with Crippen LogP contribution in [0.5, 0.6) is 5.75 Å². The molecule has 2 rings (SSSR count). The summed E-state index contributed by atoms with van der Waals surface area (Å²) in [6, 6.07) is 3.05. The van der Waals surface area contributed by atoms with Crippen molar-refractivity contribution in [3.05, 3.63) is 30.1 Å². The third-order valence-corrected chi connectivity index (χ3v) is 1.47. The molecule has 0 aliphatic rings. The second kappa shape index (κ2) is 3.77. The number of pyridine rings is 1. The monoisotopic (exact) mass is 195 g/mol. The van der Waals surface area contributed by atoms with Gasteiger partial charge in [-0.15, -0.1) is 10.2 Å². The molecule has 0 aliphatic heterocycles. The van der Waals surface area contributed by atoms with Crippen LogP contribution in [-0.2, 0) is 6.61 Å². The molecular weight excluding hydrogens is 189 g/mol. The average Bonchev–Trinajstić information content (AvgIpc) is 2.69. The smallest absolute Gasteiger partial charge is 0.255 e. The molecule has 0 aromatic carbocycles. The normalized spacial score (nSPS) is 10.1. The van der Waals surface area contributed by atoms with E-state index in [2.05, 4.69) is 25.6 Å². The van der Waals surface area contributed by atoms with Crippen LogP contribution < -0.4 is 4.74 Å². The van der Waals surface area contributed by atoms with E-state index < -0.39 is 5.95 Å². The highest BCUT2D eigenvalue weighted by Crippen LogP contribution is 2.13. The van der Waals surface area contributed by atoms with Gasteiger partial charge in [0.15, 0.2) is 12.4 Å². The Kier molecular flexibility index (Phi) is 2.30. The van der Waals surface area contributed by atoms with Gasteiger partial charge in [0.05, 0.1) is 0 Å². The summed E-state index contributed by atoms with van der Waals surface area (Å²) in [4.78, 5) is 3.42. The van der Waals surface area contributed by atoms with E-state index in [1.54, 1.807) is 6.07 Å². The standard InChI is InChI=1S/C7H6FN5O/c8-7-5(2-1-3-9-7)14-4-6-10-12-13-11-6/h1-3H,4H2,(H,10,11,12,13).